The molecule has 0 spiro atoms. The lowest BCUT2D eigenvalue weighted by Crippen LogP contribution is -2.67. The highest BCUT2D eigenvalue weighted by molar-refractivity contribution is 5.67. The van der Waals surface area contributed by atoms with Gasteiger partial charge in [-0.3, -0.25) is 14.4 Å². The van der Waals surface area contributed by atoms with E-state index in [1.165, 1.54) is 26.3 Å². The van der Waals surface area contributed by atoms with Gasteiger partial charge in [-0.2, -0.15) is 0 Å². The molecule has 0 bridgehead atoms. The van der Waals surface area contributed by atoms with Crippen molar-refractivity contribution in [2.45, 2.75) is 110 Å². The van der Waals surface area contributed by atoms with E-state index in [2.05, 4.69) is 13.0 Å². The molecule has 0 aliphatic heterocycles. The Kier molecular flexibility index (Phi) is 6.41. The average Bonchev–Trinajstić information content (AvgIpc) is 3.00. The minimum Gasteiger partial charge on any atom is -0.463 e. The number of hydrogen-bond donors (Lipinski definition) is 1. The molecular formula is C27H40O7. The Morgan fingerprint density at radius 1 is 1.00 bits per heavy atom. The van der Waals surface area contributed by atoms with Gasteiger partial charge < -0.3 is 19.3 Å². The zero-order chi connectivity index (χ0) is 25.1. The third-order valence-corrected chi connectivity index (χ3v) is 9.94. The summed E-state index contributed by atoms with van der Waals surface area (Å²) in [7, 11) is 0. The summed E-state index contributed by atoms with van der Waals surface area (Å²) in [6.07, 6.45) is 6.41. The predicted octanol–water partition coefficient (Wildman–Crippen LogP) is 4.11. The summed E-state index contributed by atoms with van der Waals surface area (Å²) in [5.74, 6) is -0.877. The van der Waals surface area contributed by atoms with Gasteiger partial charge in [-0.1, -0.05) is 25.5 Å². The molecule has 0 unspecified atom stereocenters. The molecule has 3 fully saturated rings. The summed E-state index contributed by atoms with van der Waals surface area (Å²) in [6.45, 7) is 10.5. The van der Waals surface area contributed by atoms with Gasteiger partial charge >= 0.3 is 17.9 Å². The van der Waals surface area contributed by atoms with Crippen LogP contribution in [0.5, 0.6) is 0 Å². The van der Waals surface area contributed by atoms with Gasteiger partial charge in [0.05, 0.1) is 5.60 Å². The van der Waals surface area contributed by atoms with Gasteiger partial charge in [0.2, 0.25) is 0 Å². The van der Waals surface area contributed by atoms with Crippen LogP contribution in [0.15, 0.2) is 11.6 Å². The molecule has 190 valence electrons. The topological polar surface area (TPSA) is 99.1 Å². The normalized spacial score (nSPS) is 44.0. The highest BCUT2D eigenvalue weighted by atomic mass is 16.6. The van der Waals surface area contributed by atoms with Gasteiger partial charge in [-0.05, 0) is 62.7 Å². The molecule has 7 nitrogen and oxygen atoms in total. The van der Waals surface area contributed by atoms with Crippen molar-refractivity contribution in [3.63, 3.8) is 0 Å². The first kappa shape index (κ1) is 25.2. The van der Waals surface area contributed by atoms with Crippen LogP contribution in [0.4, 0.5) is 0 Å². The van der Waals surface area contributed by atoms with Crippen molar-refractivity contribution in [3.05, 3.63) is 11.6 Å². The molecule has 34 heavy (non-hydrogen) atoms. The molecule has 4 aliphatic carbocycles. The van der Waals surface area contributed by atoms with Gasteiger partial charge in [0.15, 0.2) is 0 Å². The van der Waals surface area contributed by atoms with E-state index in [1.54, 1.807) is 0 Å². The van der Waals surface area contributed by atoms with Crippen LogP contribution in [-0.2, 0) is 28.6 Å². The first-order valence-corrected chi connectivity index (χ1v) is 12.8. The zero-order valence-electron chi connectivity index (χ0n) is 21.4. The Morgan fingerprint density at radius 3 is 2.29 bits per heavy atom. The summed E-state index contributed by atoms with van der Waals surface area (Å²) in [5.41, 5.74) is -0.602. The number of rotatable bonds is 4. The fourth-order valence-corrected chi connectivity index (χ4v) is 8.39. The Morgan fingerprint density at radius 2 is 1.68 bits per heavy atom. The maximum Gasteiger partial charge on any atom is 0.302 e. The number of hydrogen-bond acceptors (Lipinski definition) is 7. The average molecular weight is 477 g/mol. The van der Waals surface area contributed by atoms with Crippen molar-refractivity contribution in [3.8, 4) is 0 Å². The fraction of sp³-hybridized carbons (Fsp3) is 0.815. The van der Waals surface area contributed by atoms with E-state index in [9.17, 15) is 19.5 Å². The van der Waals surface area contributed by atoms with E-state index < -0.39 is 17.1 Å². The van der Waals surface area contributed by atoms with E-state index >= 15 is 0 Å². The summed E-state index contributed by atoms with van der Waals surface area (Å²) in [5, 5.41) is 12.4. The van der Waals surface area contributed by atoms with Crippen LogP contribution in [0.1, 0.15) is 86.5 Å². The Hall–Kier alpha value is -1.89. The molecule has 0 aromatic heterocycles. The SMILES string of the molecule is CC(=O)O[C@H]1CC[C@@]2(C)C(=CC[C@@H]3[C@@H]2C[C@@H](OC(C)=O)[C@]2(C)[C@@H]([C@@H](C)OC(C)=O)CC[C@]32O)C1. The Bertz CT molecular complexity index is 895. The molecule has 0 aromatic rings. The van der Waals surface area contributed by atoms with Gasteiger partial charge in [-0.25, -0.2) is 0 Å². The largest absolute Gasteiger partial charge is 0.463 e. The molecule has 0 aromatic carbocycles. The van der Waals surface area contributed by atoms with Gasteiger partial charge in [0, 0.05) is 38.5 Å². The molecule has 4 rings (SSSR count). The van der Waals surface area contributed by atoms with Crippen LogP contribution in [0, 0.1) is 28.6 Å². The van der Waals surface area contributed by atoms with Crippen LogP contribution in [0.3, 0.4) is 0 Å². The predicted molar refractivity (Wildman–Crippen MR) is 124 cm³/mol. The van der Waals surface area contributed by atoms with Crippen molar-refractivity contribution < 1.29 is 33.7 Å². The van der Waals surface area contributed by atoms with Crippen molar-refractivity contribution in [1.29, 1.82) is 0 Å². The second kappa shape index (κ2) is 8.65. The van der Waals surface area contributed by atoms with Crippen LogP contribution in [0.25, 0.3) is 0 Å². The van der Waals surface area contributed by atoms with Gasteiger partial charge in [0.1, 0.15) is 18.3 Å². The van der Waals surface area contributed by atoms with E-state index in [0.29, 0.717) is 19.3 Å². The van der Waals surface area contributed by atoms with E-state index in [-0.39, 0.29) is 53.3 Å². The Balaban J connectivity index is 1.71. The summed E-state index contributed by atoms with van der Waals surface area (Å²) >= 11 is 0. The molecule has 7 heteroatoms. The number of allylic oxidation sites excluding steroid dienone is 1. The van der Waals surface area contributed by atoms with Crippen LogP contribution in [-0.4, -0.2) is 46.9 Å². The molecule has 0 radical (unpaired) electrons. The lowest BCUT2D eigenvalue weighted by atomic mass is 9.44. The third kappa shape index (κ3) is 3.78. The van der Waals surface area contributed by atoms with Crippen molar-refractivity contribution in [1.82, 2.24) is 0 Å². The number of carbonyl (C=O) groups excluding carboxylic acids is 3. The molecule has 0 saturated heterocycles. The fourth-order valence-electron chi connectivity index (χ4n) is 8.39. The minimum atomic E-state index is -1.03. The van der Waals surface area contributed by atoms with E-state index in [0.717, 1.165) is 25.7 Å². The quantitative estimate of drug-likeness (QED) is 0.370. The smallest absolute Gasteiger partial charge is 0.302 e. The second-order valence-electron chi connectivity index (χ2n) is 11.6. The summed E-state index contributed by atoms with van der Waals surface area (Å²) in [4.78, 5) is 35.5. The molecule has 4 aliphatic rings. The molecule has 1 N–H and O–H groups in total. The first-order valence-electron chi connectivity index (χ1n) is 12.8. The maximum atomic E-state index is 12.4. The zero-order valence-corrected chi connectivity index (χ0v) is 21.4. The van der Waals surface area contributed by atoms with Crippen molar-refractivity contribution in [2.24, 2.45) is 28.6 Å². The maximum absolute atomic E-state index is 12.4. The molecule has 0 heterocycles. The first-order chi connectivity index (χ1) is 15.8. The third-order valence-electron chi connectivity index (χ3n) is 9.94. The monoisotopic (exact) mass is 476 g/mol. The number of ether oxygens (including phenoxy) is 3. The van der Waals surface area contributed by atoms with Gasteiger partial charge in [0.25, 0.3) is 0 Å². The highest BCUT2D eigenvalue weighted by Gasteiger charge is 2.71. The summed E-state index contributed by atoms with van der Waals surface area (Å²) in [6, 6.07) is 0. The second-order valence-corrected chi connectivity index (χ2v) is 11.6. The van der Waals surface area contributed by atoms with Gasteiger partial charge in [-0.15, -0.1) is 0 Å². The van der Waals surface area contributed by atoms with Crippen molar-refractivity contribution in [2.75, 3.05) is 0 Å². The lowest BCUT2D eigenvalue weighted by molar-refractivity contribution is -0.241. The van der Waals surface area contributed by atoms with E-state index in [4.69, 9.17) is 14.2 Å². The van der Waals surface area contributed by atoms with Crippen LogP contribution < -0.4 is 0 Å². The highest BCUT2D eigenvalue weighted by Crippen LogP contribution is 2.69. The molecule has 0 amide bonds. The molecule has 9 atom stereocenters. The number of carbonyl (C=O) groups is 3. The number of fused-ring (bicyclic) bond motifs is 5. The van der Waals surface area contributed by atoms with Crippen LogP contribution in [0.2, 0.25) is 0 Å². The van der Waals surface area contributed by atoms with Crippen LogP contribution >= 0.6 is 0 Å². The summed E-state index contributed by atoms with van der Waals surface area (Å²) < 4.78 is 17.1. The number of aliphatic hydroxyl groups is 1. The molecular weight excluding hydrogens is 436 g/mol. The minimum absolute atomic E-state index is 0.0258. The molecule has 3 saturated carbocycles. The van der Waals surface area contributed by atoms with Crippen molar-refractivity contribution >= 4 is 17.9 Å². The van der Waals surface area contributed by atoms with E-state index in [1.807, 2.05) is 13.8 Å². The standard InChI is InChI=1S/C27H40O7/c1-15(32-16(2)28)21-10-12-27(31)22-8-7-19-13-20(33-17(3)29)9-11-25(19,5)23(22)14-24(26(21,27)6)34-18(4)30/h7,15,20-24,31H,8-14H2,1-6H3/t15-,20+,21-,22-,23+,24-,25+,26+,27+/m1/s1. The number of esters is 3. The lowest BCUT2D eigenvalue weighted by Gasteiger charge is -2.63. The Labute approximate surface area is 202 Å².